The molecule has 0 N–H and O–H groups in total. The topological polar surface area (TPSA) is 20.3 Å². The number of likely N-dealkylation sites (tertiary alicyclic amines) is 1. The van der Waals surface area contributed by atoms with Crippen LogP contribution in [-0.2, 0) is 0 Å². The standard InChI is InChI=1S/C13H15BrClNO/c1-13(2)5-6-16(8-13)12(17)10-4-3-9(15)7-11(10)14/h3-4,7H,5-6,8H2,1-2H3. The number of rotatable bonds is 1. The molecular formula is C13H15BrClNO. The van der Waals surface area contributed by atoms with Gasteiger partial charge in [-0.3, -0.25) is 4.79 Å². The summed E-state index contributed by atoms with van der Waals surface area (Å²) in [5, 5.41) is 0.634. The summed E-state index contributed by atoms with van der Waals surface area (Å²) >= 11 is 9.26. The highest BCUT2D eigenvalue weighted by molar-refractivity contribution is 9.10. The second-order valence-corrected chi connectivity index (χ2v) is 6.56. The van der Waals surface area contributed by atoms with Crippen molar-refractivity contribution in [2.75, 3.05) is 13.1 Å². The van der Waals surface area contributed by atoms with Gasteiger partial charge in [-0.25, -0.2) is 0 Å². The lowest BCUT2D eigenvalue weighted by Gasteiger charge is -2.20. The fourth-order valence-corrected chi connectivity index (χ4v) is 2.97. The predicted molar refractivity (Wildman–Crippen MR) is 73.5 cm³/mol. The van der Waals surface area contributed by atoms with Crippen LogP contribution in [0.15, 0.2) is 22.7 Å². The van der Waals surface area contributed by atoms with Crippen LogP contribution in [-0.4, -0.2) is 23.9 Å². The molecule has 4 heteroatoms. The molecule has 17 heavy (non-hydrogen) atoms. The highest BCUT2D eigenvalue weighted by Gasteiger charge is 2.32. The first-order chi connectivity index (χ1) is 7.89. The summed E-state index contributed by atoms with van der Waals surface area (Å²) in [7, 11) is 0. The van der Waals surface area contributed by atoms with Gasteiger partial charge in [0.05, 0.1) is 5.56 Å². The van der Waals surface area contributed by atoms with Gasteiger partial charge in [0.15, 0.2) is 0 Å². The van der Waals surface area contributed by atoms with Crippen molar-refractivity contribution in [3.8, 4) is 0 Å². The molecule has 0 unspecified atom stereocenters. The summed E-state index contributed by atoms with van der Waals surface area (Å²) in [6.45, 7) is 6.04. The van der Waals surface area contributed by atoms with E-state index in [9.17, 15) is 4.79 Å². The van der Waals surface area contributed by atoms with Gasteiger partial charge in [-0.1, -0.05) is 25.4 Å². The van der Waals surface area contributed by atoms with Gasteiger partial charge in [-0.15, -0.1) is 0 Å². The van der Waals surface area contributed by atoms with Crippen LogP contribution in [0.4, 0.5) is 0 Å². The molecule has 0 spiro atoms. The van der Waals surface area contributed by atoms with Gasteiger partial charge < -0.3 is 4.90 Å². The van der Waals surface area contributed by atoms with Crippen LogP contribution in [0, 0.1) is 5.41 Å². The Morgan fingerprint density at radius 3 is 2.71 bits per heavy atom. The minimum absolute atomic E-state index is 0.0825. The van der Waals surface area contributed by atoms with E-state index in [1.807, 2.05) is 4.90 Å². The predicted octanol–water partition coefficient (Wildman–Crippen LogP) is 3.97. The summed E-state index contributed by atoms with van der Waals surface area (Å²) in [6, 6.07) is 5.29. The summed E-state index contributed by atoms with van der Waals surface area (Å²) in [4.78, 5) is 14.2. The van der Waals surface area contributed by atoms with Gasteiger partial charge in [0.2, 0.25) is 0 Å². The van der Waals surface area contributed by atoms with E-state index in [0.29, 0.717) is 10.6 Å². The Labute approximate surface area is 115 Å². The Morgan fingerprint density at radius 1 is 1.47 bits per heavy atom. The first-order valence-electron chi connectivity index (χ1n) is 5.63. The van der Waals surface area contributed by atoms with Crippen molar-refractivity contribution < 1.29 is 4.79 Å². The number of carbonyl (C=O) groups excluding carboxylic acids is 1. The van der Waals surface area contributed by atoms with Crippen LogP contribution in [0.25, 0.3) is 0 Å². The zero-order chi connectivity index (χ0) is 12.6. The number of amides is 1. The fourth-order valence-electron chi connectivity index (χ4n) is 2.12. The molecule has 0 atom stereocenters. The van der Waals surface area contributed by atoms with Crippen molar-refractivity contribution >= 4 is 33.4 Å². The zero-order valence-electron chi connectivity index (χ0n) is 9.96. The van der Waals surface area contributed by atoms with Crippen molar-refractivity contribution in [2.24, 2.45) is 5.41 Å². The normalized spacial score (nSPS) is 18.5. The molecule has 1 aliphatic heterocycles. The third-order valence-electron chi connectivity index (χ3n) is 3.13. The van der Waals surface area contributed by atoms with Gasteiger partial charge in [-0.2, -0.15) is 0 Å². The Hall–Kier alpha value is -0.540. The molecule has 0 radical (unpaired) electrons. The van der Waals surface area contributed by atoms with Crippen molar-refractivity contribution in [2.45, 2.75) is 20.3 Å². The minimum Gasteiger partial charge on any atom is -0.338 e. The van der Waals surface area contributed by atoms with Crippen molar-refractivity contribution in [3.05, 3.63) is 33.3 Å². The van der Waals surface area contributed by atoms with Gasteiger partial charge in [0.1, 0.15) is 0 Å². The third-order valence-corrected chi connectivity index (χ3v) is 4.02. The van der Waals surface area contributed by atoms with Gasteiger partial charge >= 0.3 is 0 Å². The van der Waals surface area contributed by atoms with Crippen molar-refractivity contribution in [1.29, 1.82) is 0 Å². The molecule has 1 amide bonds. The lowest BCUT2D eigenvalue weighted by molar-refractivity contribution is 0.0777. The van der Waals surface area contributed by atoms with Crippen LogP contribution >= 0.6 is 27.5 Å². The van der Waals surface area contributed by atoms with Crippen LogP contribution in [0.1, 0.15) is 30.6 Å². The summed E-state index contributed by atoms with van der Waals surface area (Å²) in [5.74, 6) is 0.0825. The number of carbonyl (C=O) groups is 1. The number of halogens is 2. The smallest absolute Gasteiger partial charge is 0.255 e. The first-order valence-corrected chi connectivity index (χ1v) is 6.80. The lowest BCUT2D eigenvalue weighted by Crippen LogP contribution is -2.30. The molecule has 2 nitrogen and oxygen atoms in total. The summed E-state index contributed by atoms with van der Waals surface area (Å²) < 4.78 is 0.764. The largest absolute Gasteiger partial charge is 0.338 e. The first kappa shape index (κ1) is 12.9. The number of hydrogen-bond acceptors (Lipinski definition) is 1. The third kappa shape index (κ3) is 2.83. The molecule has 1 saturated heterocycles. The molecule has 2 rings (SSSR count). The van der Waals surface area contributed by atoms with Crippen LogP contribution in [0.2, 0.25) is 5.02 Å². The highest BCUT2D eigenvalue weighted by atomic mass is 79.9. The molecular weight excluding hydrogens is 302 g/mol. The van der Waals surface area contributed by atoms with E-state index >= 15 is 0 Å². The summed E-state index contributed by atoms with van der Waals surface area (Å²) in [5.41, 5.74) is 0.918. The number of hydrogen-bond donors (Lipinski definition) is 0. The van der Waals surface area contributed by atoms with E-state index in [1.54, 1.807) is 18.2 Å². The van der Waals surface area contributed by atoms with Crippen molar-refractivity contribution in [3.63, 3.8) is 0 Å². The minimum atomic E-state index is 0.0825. The molecule has 92 valence electrons. The lowest BCUT2D eigenvalue weighted by atomic mass is 9.93. The Morgan fingerprint density at radius 2 is 2.18 bits per heavy atom. The Bertz CT molecular complexity index is 459. The van der Waals surface area contributed by atoms with Crippen molar-refractivity contribution in [1.82, 2.24) is 4.90 Å². The maximum Gasteiger partial charge on any atom is 0.255 e. The Balaban J connectivity index is 2.21. The van der Waals surface area contributed by atoms with E-state index in [2.05, 4.69) is 29.8 Å². The fraction of sp³-hybridized carbons (Fsp3) is 0.462. The maximum absolute atomic E-state index is 12.3. The molecule has 0 aliphatic carbocycles. The second kappa shape index (κ2) is 4.62. The van der Waals surface area contributed by atoms with Gasteiger partial charge in [0.25, 0.3) is 5.91 Å². The molecule has 1 aromatic carbocycles. The Kier molecular flexibility index (Phi) is 3.50. The molecule has 1 heterocycles. The van der Waals surface area contributed by atoms with Crippen LogP contribution in [0.5, 0.6) is 0 Å². The van der Waals surface area contributed by atoms with E-state index in [4.69, 9.17) is 11.6 Å². The molecule has 0 bridgehead atoms. The number of nitrogens with zero attached hydrogens (tertiary/aromatic N) is 1. The maximum atomic E-state index is 12.3. The molecule has 0 saturated carbocycles. The SMILES string of the molecule is CC1(C)CCN(C(=O)c2ccc(Cl)cc2Br)C1. The van der Waals surface area contributed by atoms with E-state index in [0.717, 1.165) is 24.0 Å². The van der Waals surface area contributed by atoms with E-state index in [-0.39, 0.29) is 11.3 Å². The number of benzene rings is 1. The average Bonchev–Trinajstić information content (AvgIpc) is 2.58. The highest BCUT2D eigenvalue weighted by Crippen LogP contribution is 2.31. The molecule has 1 fully saturated rings. The second-order valence-electron chi connectivity index (χ2n) is 5.27. The van der Waals surface area contributed by atoms with Gasteiger partial charge in [-0.05, 0) is 46.0 Å². The van der Waals surface area contributed by atoms with Crippen LogP contribution < -0.4 is 0 Å². The molecule has 1 aromatic rings. The monoisotopic (exact) mass is 315 g/mol. The summed E-state index contributed by atoms with van der Waals surface area (Å²) in [6.07, 6.45) is 1.06. The van der Waals surface area contributed by atoms with E-state index < -0.39 is 0 Å². The van der Waals surface area contributed by atoms with Crippen LogP contribution in [0.3, 0.4) is 0 Å². The quantitative estimate of drug-likeness (QED) is 0.767. The zero-order valence-corrected chi connectivity index (χ0v) is 12.3. The molecule has 0 aromatic heterocycles. The average molecular weight is 317 g/mol. The van der Waals surface area contributed by atoms with E-state index in [1.165, 1.54) is 0 Å². The molecule has 1 aliphatic rings. The van der Waals surface area contributed by atoms with Gasteiger partial charge in [0, 0.05) is 22.6 Å².